The van der Waals surface area contributed by atoms with E-state index in [0.29, 0.717) is 12.4 Å². The van der Waals surface area contributed by atoms with Gasteiger partial charge in [-0.15, -0.1) is 11.6 Å². The van der Waals surface area contributed by atoms with E-state index >= 15 is 0 Å². The summed E-state index contributed by atoms with van der Waals surface area (Å²) in [4.78, 5) is 10.4. The van der Waals surface area contributed by atoms with Crippen LogP contribution in [0.3, 0.4) is 0 Å². The molecule has 0 saturated carbocycles. The second kappa shape index (κ2) is 3.91. The van der Waals surface area contributed by atoms with Crippen molar-refractivity contribution in [2.24, 2.45) is 0 Å². The minimum absolute atomic E-state index is 0.100. The number of carbonyl (C=O) groups is 1. The average molecular weight is 192 g/mol. The Hall–Kier alpha value is -1.30. The molecule has 7 heteroatoms. The summed E-state index contributed by atoms with van der Waals surface area (Å²) in [5.41, 5.74) is -0.236. The van der Waals surface area contributed by atoms with Crippen LogP contribution in [0.5, 0.6) is 0 Å². The summed E-state index contributed by atoms with van der Waals surface area (Å²) in [6.45, 7) is 0.413. The molecule has 0 fully saturated rings. The largest absolute Gasteiger partial charge is 0.476 e. The number of rotatable bonds is 4. The van der Waals surface area contributed by atoms with Crippen LogP contribution in [0.4, 0.5) is 5.82 Å². The van der Waals surface area contributed by atoms with E-state index in [1.165, 1.54) is 0 Å². The van der Waals surface area contributed by atoms with E-state index in [1.807, 2.05) is 0 Å². The number of halogens is 1. The zero-order valence-electron chi connectivity index (χ0n) is 5.95. The maximum atomic E-state index is 10.4. The monoisotopic (exact) mass is 191 g/mol. The van der Waals surface area contributed by atoms with Crippen molar-refractivity contribution >= 4 is 23.4 Å². The van der Waals surface area contributed by atoms with E-state index in [0.717, 1.165) is 0 Å². The zero-order valence-corrected chi connectivity index (χ0v) is 6.71. The van der Waals surface area contributed by atoms with E-state index < -0.39 is 5.97 Å². The van der Waals surface area contributed by atoms with Crippen LogP contribution < -0.4 is 5.32 Å². The molecule has 0 radical (unpaired) electrons. The predicted octanol–water partition coefficient (Wildman–Crippen LogP) is 0.418. The van der Waals surface area contributed by atoms with Gasteiger partial charge in [0.2, 0.25) is 11.5 Å². The van der Waals surface area contributed by atoms with Gasteiger partial charge in [-0.2, -0.15) is 0 Å². The Morgan fingerprint density at radius 3 is 3.00 bits per heavy atom. The highest BCUT2D eigenvalue weighted by Crippen LogP contribution is 2.07. The molecule has 1 aromatic heterocycles. The lowest BCUT2D eigenvalue weighted by molar-refractivity contribution is 0.0685. The number of aromatic carboxylic acids is 1. The van der Waals surface area contributed by atoms with Gasteiger partial charge < -0.3 is 10.4 Å². The average Bonchev–Trinajstić information content (AvgIpc) is 2.48. The van der Waals surface area contributed by atoms with Crippen molar-refractivity contribution in [2.75, 3.05) is 17.7 Å². The van der Waals surface area contributed by atoms with Crippen molar-refractivity contribution in [1.82, 2.24) is 10.3 Å². The highest BCUT2D eigenvalue weighted by Gasteiger charge is 2.15. The lowest BCUT2D eigenvalue weighted by Gasteiger charge is -1.96. The van der Waals surface area contributed by atoms with Crippen molar-refractivity contribution < 1.29 is 14.5 Å². The van der Waals surface area contributed by atoms with Crippen LogP contribution in [-0.2, 0) is 0 Å². The number of aromatic nitrogens is 2. The van der Waals surface area contributed by atoms with Crippen molar-refractivity contribution in [3.63, 3.8) is 0 Å². The maximum Gasteiger partial charge on any atom is 0.362 e. The summed E-state index contributed by atoms with van der Waals surface area (Å²) in [7, 11) is 0. The second-order valence-electron chi connectivity index (χ2n) is 1.88. The van der Waals surface area contributed by atoms with Crippen molar-refractivity contribution in [2.45, 2.75) is 0 Å². The van der Waals surface area contributed by atoms with Gasteiger partial charge in [-0.25, -0.2) is 9.42 Å². The molecule has 0 aromatic carbocycles. The Balaban J connectivity index is 2.70. The first kappa shape index (κ1) is 8.79. The van der Waals surface area contributed by atoms with Crippen molar-refractivity contribution in [3.05, 3.63) is 5.69 Å². The molecular weight excluding hydrogens is 186 g/mol. The Bertz CT molecular complexity index is 275. The molecule has 1 aromatic rings. The summed E-state index contributed by atoms with van der Waals surface area (Å²) in [6, 6.07) is 0. The third-order valence-electron chi connectivity index (χ3n) is 1.08. The first-order valence-electron chi connectivity index (χ1n) is 3.11. The van der Waals surface area contributed by atoms with E-state index in [9.17, 15) is 4.79 Å². The predicted molar refractivity (Wildman–Crippen MR) is 40.5 cm³/mol. The van der Waals surface area contributed by atoms with E-state index in [4.69, 9.17) is 16.7 Å². The van der Waals surface area contributed by atoms with E-state index in [-0.39, 0.29) is 11.5 Å². The van der Waals surface area contributed by atoms with Gasteiger partial charge >= 0.3 is 5.97 Å². The quantitative estimate of drug-likeness (QED) is 0.671. The number of hydrogen-bond donors (Lipinski definition) is 2. The van der Waals surface area contributed by atoms with E-state index in [2.05, 4.69) is 20.3 Å². The molecule has 12 heavy (non-hydrogen) atoms. The number of nitrogens with zero attached hydrogens (tertiary/aromatic N) is 2. The molecule has 2 N–H and O–H groups in total. The topological polar surface area (TPSA) is 88.2 Å². The molecule has 0 amide bonds. The molecule has 0 atom stereocenters. The summed E-state index contributed by atoms with van der Waals surface area (Å²) in [6.07, 6.45) is 0. The molecule has 0 aliphatic carbocycles. The summed E-state index contributed by atoms with van der Waals surface area (Å²) >= 11 is 5.36. The Morgan fingerprint density at radius 1 is 1.67 bits per heavy atom. The number of nitrogens with one attached hydrogen (secondary N) is 1. The molecule has 0 aliphatic rings. The standard InChI is InChI=1S/C5H6ClN3O3/c6-1-2-7-4-3(5(10)11)8-12-9-4/h1-2H2,(H,7,9)(H,10,11). The number of alkyl halides is 1. The highest BCUT2D eigenvalue weighted by molar-refractivity contribution is 6.18. The van der Waals surface area contributed by atoms with Crippen LogP contribution in [0.15, 0.2) is 4.63 Å². The number of carboxylic acid groups (broad SMARTS) is 1. The van der Waals surface area contributed by atoms with Crippen LogP contribution in [0, 0.1) is 0 Å². The van der Waals surface area contributed by atoms with Gasteiger partial charge in [-0.3, -0.25) is 0 Å². The third-order valence-corrected chi connectivity index (χ3v) is 1.27. The Morgan fingerprint density at radius 2 is 2.42 bits per heavy atom. The Labute approximate surface area is 72.5 Å². The molecular formula is C5H6ClN3O3. The lowest BCUT2D eigenvalue weighted by atomic mass is 10.4. The SMILES string of the molecule is O=C(O)c1nonc1NCCCl. The molecule has 6 nitrogen and oxygen atoms in total. The fraction of sp³-hybridized carbons (Fsp3) is 0.400. The molecule has 1 heterocycles. The number of anilines is 1. The smallest absolute Gasteiger partial charge is 0.362 e. The molecule has 0 spiro atoms. The van der Waals surface area contributed by atoms with Gasteiger partial charge in [-0.05, 0) is 10.3 Å². The maximum absolute atomic E-state index is 10.4. The van der Waals surface area contributed by atoms with Crippen LogP contribution in [0.25, 0.3) is 0 Å². The van der Waals surface area contributed by atoms with Gasteiger partial charge in [0.25, 0.3) is 0 Å². The van der Waals surface area contributed by atoms with Gasteiger partial charge in [0.15, 0.2) is 0 Å². The van der Waals surface area contributed by atoms with E-state index in [1.54, 1.807) is 0 Å². The fourth-order valence-corrected chi connectivity index (χ4v) is 0.705. The van der Waals surface area contributed by atoms with Crippen LogP contribution in [0.1, 0.15) is 10.5 Å². The van der Waals surface area contributed by atoms with Crippen LogP contribution in [0.2, 0.25) is 0 Å². The first-order chi connectivity index (χ1) is 5.75. The Kier molecular flexibility index (Phi) is 2.87. The molecule has 0 saturated heterocycles. The van der Waals surface area contributed by atoms with Crippen LogP contribution >= 0.6 is 11.6 Å². The fourth-order valence-electron chi connectivity index (χ4n) is 0.611. The first-order valence-corrected chi connectivity index (χ1v) is 3.65. The number of hydrogen-bond acceptors (Lipinski definition) is 5. The lowest BCUT2D eigenvalue weighted by Crippen LogP contribution is -2.08. The van der Waals surface area contributed by atoms with Gasteiger partial charge in [0.05, 0.1) is 0 Å². The molecule has 0 unspecified atom stereocenters. The van der Waals surface area contributed by atoms with Gasteiger partial charge in [0.1, 0.15) is 0 Å². The number of carboxylic acids is 1. The summed E-state index contributed by atoms with van der Waals surface area (Å²) in [5, 5.41) is 17.7. The minimum atomic E-state index is -1.19. The van der Waals surface area contributed by atoms with Gasteiger partial charge in [-0.1, -0.05) is 0 Å². The minimum Gasteiger partial charge on any atom is -0.476 e. The summed E-state index contributed by atoms with van der Waals surface area (Å²) in [5.74, 6) is -0.734. The molecule has 1 rings (SSSR count). The third kappa shape index (κ3) is 1.85. The van der Waals surface area contributed by atoms with Crippen molar-refractivity contribution in [1.29, 1.82) is 0 Å². The van der Waals surface area contributed by atoms with Gasteiger partial charge in [0, 0.05) is 12.4 Å². The normalized spacial score (nSPS) is 9.75. The zero-order chi connectivity index (χ0) is 8.97. The molecule has 0 aliphatic heterocycles. The highest BCUT2D eigenvalue weighted by atomic mass is 35.5. The molecule has 66 valence electrons. The summed E-state index contributed by atoms with van der Waals surface area (Å²) < 4.78 is 4.22. The van der Waals surface area contributed by atoms with Crippen LogP contribution in [-0.4, -0.2) is 33.8 Å². The second-order valence-corrected chi connectivity index (χ2v) is 2.26. The molecule has 0 bridgehead atoms. The van der Waals surface area contributed by atoms with Crippen molar-refractivity contribution in [3.8, 4) is 0 Å².